The largest absolute Gasteiger partial charge is 0.378 e. The standard InChI is InChI=1S/C21H42N2O/c1-17(2)6-9-21(11-15-24-20(16-21)18(3)4)10-12-22-19-7-13-23(5)14-8-19/h17-20,22H,6-16H2,1-5H3/t20-,21-/m1/s1. The van der Waals surface area contributed by atoms with Gasteiger partial charge in [0.2, 0.25) is 0 Å². The van der Waals surface area contributed by atoms with Gasteiger partial charge in [-0.1, -0.05) is 34.1 Å². The SMILES string of the molecule is CC(C)CC[C@@]1(CCNC2CCN(C)CC2)CCO[C@@H](C(C)C)C1. The smallest absolute Gasteiger partial charge is 0.0603 e. The van der Waals surface area contributed by atoms with Crippen molar-refractivity contribution in [3.63, 3.8) is 0 Å². The molecule has 0 aromatic rings. The third kappa shape index (κ3) is 6.31. The van der Waals surface area contributed by atoms with Crippen molar-refractivity contribution in [3.05, 3.63) is 0 Å². The summed E-state index contributed by atoms with van der Waals surface area (Å²) in [7, 11) is 2.24. The van der Waals surface area contributed by atoms with Crippen molar-refractivity contribution in [2.24, 2.45) is 17.3 Å². The maximum absolute atomic E-state index is 6.08. The normalized spacial score (nSPS) is 30.4. The van der Waals surface area contributed by atoms with E-state index in [1.165, 1.54) is 64.6 Å². The summed E-state index contributed by atoms with van der Waals surface area (Å²) in [5.41, 5.74) is 0.510. The predicted molar refractivity (Wildman–Crippen MR) is 103 cm³/mol. The van der Waals surface area contributed by atoms with Crippen LogP contribution in [0.15, 0.2) is 0 Å². The molecule has 2 rings (SSSR count). The van der Waals surface area contributed by atoms with Crippen molar-refractivity contribution in [3.8, 4) is 0 Å². The Bertz CT molecular complexity index is 350. The fraction of sp³-hybridized carbons (Fsp3) is 1.00. The molecule has 0 aliphatic carbocycles. The number of hydrogen-bond donors (Lipinski definition) is 1. The van der Waals surface area contributed by atoms with Gasteiger partial charge in [-0.25, -0.2) is 0 Å². The zero-order chi connectivity index (χ0) is 17.6. The van der Waals surface area contributed by atoms with Gasteiger partial charge in [0.1, 0.15) is 0 Å². The first-order chi connectivity index (χ1) is 11.4. The number of hydrogen-bond acceptors (Lipinski definition) is 3. The summed E-state index contributed by atoms with van der Waals surface area (Å²) >= 11 is 0. The highest BCUT2D eigenvalue weighted by atomic mass is 16.5. The van der Waals surface area contributed by atoms with Crippen molar-refractivity contribution in [1.82, 2.24) is 10.2 Å². The van der Waals surface area contributed by atoms with E-state index < -0.39 is 0 Å². The molecule has 0 radical (unpaired) electrons. The zero-order valence-corrected chi connectivity index (χ0v) is 16.9. The molecule has 2 heterocycles. The molecule has 2 aliphatic heterocycles. The Balaban J connectivity index is 1.85. The lowest BCUT2D eigenvalue weighted by Crippen LogP contribution is -2.44. The number of ether oxygens (including phenoxy) is 1. The summed E-state index contributed by atoms with van der Waals surface area (Å²) < 4.78 is 6.08. The van der Waals surface area contributed by atoms with Crippen LogP contribution in [0, 0.1) is 17.3 Å². The molecule has 0 bridgehead atoms. The summed E-state index contributed by atoms with van der Waals surface area (Å²) in [6.07, 6.45) is 9.70. The molecule has 2 atom stereocenters. The van der Waals surface area contributed by atoms with Crippen LogP contribution in [0.5, 0.6) is 0 Å². The minimum Gasteiger partial charge on any atom is -0.378 e. The van der Waals surface area contributed by atoms with Crippen LogP contribution in [0.4, 0.5) is 0 Å². The number of likely N-dealkylation sites (tertiary alicyclic amines) is 1. The number of nitrogens with zero attached hydrogens (tertiary/aromatic N) is 1. The molecular weight excluding hydrogens is 296 g/mol. The van der Waals surface area contributed by atoms with Crippen LogP contribution in [0.1, 0.15) is 72.6 Å². The van der Waals surface area contributed by atoms with Gasteiger partial charge in [0.05, 0.1) is 6.10 Å². The highest BCUT2D eigenvalue weighted by molar-refractivity contribution is 4.88. The van der Waals surface area contributed by atoms with Gasteiger partial charge < -0.3 is 15.0 Å². The van der Waals surface area contributed by atoms with E-state index in [1.54, 1.807) is 0 Å². The van der Waals surface area contributed by atoms with Crippen LogP contribution >= 0.6 is 0 Å². The quantitative estimate of drug-likeness (QED) is 0.713. The van der Waals surface area contributed by atoms with Crippen molar-refractivity contribution < 1.29 is 4.74 Å². The van der Waals surface area contributed by atoms with Gasteiger partial charge in [0, 0.05) is 12.6 Å². The molecule has 0 spiro atoms. The van der Waals surface area contributed by atoms with E-state index in [2.05, 4.69) is 45.0 Å². The molecule has 2 aliphatic rings. The Kier molecular flexibility index (Phi) is 8.03. The summed E-state index contributed by atoms with van der Waals surface area (Å²) in [6.45, 7) is 14.0. The molecule has 0 amide bonds. The van der Waals surface area contributed by atoms with Gasteiger partial charge in [0.15, 0.2) is 0 Å². The van der Waals surface area contributed by atoms with E-state index in [0.717, 1.165) is 18.6 Å². The molecule has 0 aromatic carbocycles. The first kappa shape index (κ1) is 20.2. The lowest BCUT2D eigenvalue weighted by atomic mass is 9.69. The number of piperidine rings is 1. The Morgan fingerprint density at radius 1 is 1.12 bits per heavy atom. The van der Waals surface area contributed by atoms with Crippen LogP contribution in [-0.4, -0.2) is 50.3 Å². The van der Waals surface area contributed by atoms with E-state index in [9.17, 15) is 0 Å². The Morgan fingerprint density at radius 2 is 1.83 bits per heavy atom. The van der Waals surface area contributed by atoms with Crippen LogP contribution in [0.3, 0.4) is 0 Å². The van der Waals surface area contributed by atoms with E-state index >= 15 is 0 Å². The van der Waals surface area contributed by atoms with Crippen molar-refractivity contribution >= 4 is 0 Å². The van der Waals surface area contributed by atoms with E-state index in [1.807, 2.05) is 0 Å². The monoisotopic (exact) mass is 338 g/mol. The Labute approximate surface area is 150 Å². The molecule has 0 saturated carbocycles. The topological polar surface area (TPSA) is 24.5 Å². The minimum atomic E-state index is 0.467. The van der Waals surface area contributed by atoms with Crippen molar-refractivity contribution in [2.75, 3.05) is 33.3 Å². The molecule has 2 fully saturated rings. The van der Waals surface area contributed by atoms with E-state index in [0.29, 0.717) is 17.4 Å². The first-order valence-corrected chi connectivity index (χ1v) is 10.4. The molecule has 142 valence electrons. The summed E-state index contributed by atoms with van der Waals surface area (Å²) in [6, 6.07) is 0.740. The second kappa shape index (κ2) is 9.54. The van der Waals surface area contributed by atoms with Crippen LogP contribution in [-0.2, 0) is 4.74 Å². The fourth-order valence-corrected chi connectivity index (χ4v) is 4.37. The molecule has 0 unspecified atom stereocenters. The Morgan fingerprint density at radius 3 is 2.46 bits per heavy atom. The van der Waals surface area contributed by atoms with Gasteiger partial charge in [-0.3, -0.25) is 0 Å². The highest BCUT2D eigenvalue weighted by Crippen LogP contribution is 2.43. The van der Waals surface area contributed by atoms with Crippen LogP contribution in [0.2, 0.25) is 0 Å². The lowest BCUT2D eigenvalue weighted by molar-refractivity contribution is -0.0763. The molecule has 24 heavy (non-hydrogen) atoms. The van der Waals surface area contributed by atoms with E-state index in [4.69, 9.17) is 4.74 Å². The molecule has 2 saturated heterocycles. The molecule has 1 N–H and O–H groups in total. The maximum atomic E-state index is 6.08. The average Bonchev–Trinajstić information content (AvgIpc) is 2.55. The minimum absolute atomic E-state index is 0.467. The van der Waals surface area contributed by atoms with E-state index in [-0.39, 0.29) is 0 Å². The number of nitrogens with one attached hydrogen (secondary N) is 1. The van der Waals surface area contributed by atoms with Crippen molar-refractivity contribution in [2.45, 2.75) is 84.8 Å². The predicted octanol–water partition coefficient (Wildman–Crippen LogP) is 4.32. The second-order valence-electron chi connectivity index (χ2n) is 9.32. The third-order valence-corrected chi connectivity index (χ3v) is 6.40. The molecule has 3 heteroatoms. The van der Waals surface area contributed by atoms with Crippen LogP contribution < -0.4 is 5.32 Å². The zero-order valence-electron chi connectivity index (χ0n) is 16.9. The highest BCUT2D eigenvalue weighted by Gasteiger charge is 2.37. The Hall–Kier alpha value is -0.120. The van der Waals surface area contributed by atoms with Gasteiger partial charge >= 0.3 is 0 Å². The maximum Gasteiger partial charge on any atom is 0.0603 e. The average molecular weight is 339 g/mol. The van der Waals surface area contributed by atoms with Gasteiger partial charge in [-0.15, -0.1) is 0 Å². The van der Waals surface area contributed by atoms with Crippen LogP contribution in [0.25, 0.3) is 0 Å². The molecule has 0 aromatic heterocycles. The molecule has 3 nitrogen and oxygen atoms in total. The number of rotatable bonds is 8. The molecular formula is C21H42N2O. The van der Waals surface area contributed by atoms with Gasteiger partial charge in [-0.2, -0.15) is 0 Å². The second-order valence-corrected chi connectivity index (χ2v) is 9.32. The van der Waals surface area contributed by atoms with Crippen molar-refractivity contribution in [1.29, 1.82) is 0 Å². The third-order valence-electron chi connectivity index (χ3n) is 6.40. The summed E-state index contributed by atoms with van der Waals surface area (Å²) in [5.74, 6) is 1.45. The first-order valence-electron chi connectivity index (χ1n) is 10.4. The lowest BCUT2D eigenvalue weighted by Gasteiger charge is -2.43. The summed E-state index contributed by atoms with van der Waals surface area (Å²) in [4.78, 5) is 2.45. The van der Waals surface area contributed by atoms with Gasteiger partial charge in [0.25, 0.3) is 0 Å². The summed E-state index contributed by atoms with van der Waals surface area (Å²) in [5, 5.41) is 3.88. The fourth-order valence-electron chi connectivity index (χ4n) is 4.37. The van der Waals surface area contributed by atoms with Gasteiger partial charge in [-0.05, 0) is 82.5 Å².